The third kappa shape index (κ3) is 1.92. The molecule has 3 unspecified atom stereocenters. The number of hydrogen-bond acceptors (Lipinski definition) is 3. The minimum atomic E-state index is -0.587. The summed E-state index contributed by atoms with van der Waals surface area (Å²) in [5, 5.41) is -0.587. The average Bonchev–Trinajstić information content (AvgIpc) is 2.53. The van der Waals surface area contributed by atoms with Crippen LogP contribution in [0.5, 0.6) is 0 Å². The molecule has 0 aromatic carbocycles. The normalized spacial score (nSPS) is 30.5. The third-order valence-corrected chi connectivity index (χ3v) is 3.75. The number of amides is 3. The molecule has 0 bridgehead atoms. The average molecular weight is 259 g/mol. The zero-order chi connectivity index (χ0) is 12.7. The molecule has 2 saturated heterocycles. The van der Waals surface area contributed by atoms with E-state index in [1.165, 1.54) is 11.9 Å². The quantitative estimate of drug-likeness (QED) is 0.494. The molecule has 0 aromatic rings. The molecule has 2 rings (SSSR count). The summed E-state index contributed by atoms with van der Waals surface area (Å²) in [6.45, 7) is 2.43. The maximum absolute atomic E-state index is 11.8. The van der Waals surface area contributed by atoms with Gasteiger partial charge >= 0.3 is 0 Å². The third-order valence-electron chi connectivity index (χ3n) is 3.56. The summed E-state index contributed by atoms with van der Waals surface area (Å²) in [4.78, 5) is 38.1. The second-order valence-electron chi connectivity index (χ2n) is 4.64. The summed E-state index contributed by atoms with van der Waals surface area (Å²) in [6, 6.07) is 0. The minimum Gasteiger partial charge on any atom is -0.341 e. The first-order chi connectivity index (χ1) is 7.93. The Labute approximate surface area is 105 Å². The van der Waals surface area contributed by atoms with Gasteiger partial charge in [-0.25, -0.2) is 0 Å². The molecule has 2 aliphatic rings. The van der Waals surface area contributed by atoms with Gasteiger partial charge in [-0.15, -0.1) is 11.6 Å². The van der Waals surface area contributed by atoms with Crippen LogP contribution in [0.4, 0.5) is 0 Å². The van der Waals surface area contributed by atoms with E-state index in [9.17, 15) is 14.4 Å². The molecule has 0 aliphatic carbocycles. The molecule has 3 amide bonds. The number of hydrogen-bond donors (Lipinski definition) is 0. The molecule has 17 heavy (non-hydrogen) atoms. The van der Waals surface area contributed by atoms with E-state index >= 15 is 0 Å². The lowest BCUT2D eigenvalue weighted by Crippen LogP contribution is -2.47. The summed E-state index contributed by atoms with van der Waals surface area (Å²) < 4.78 is 0. The van der Waals surface area contributed by atoms with Crippen molar-refractivity contribution in [2.75, 3.05) is 20.1 Å². The van der Waals surface area contributed by atoms with E-state index in [2.05, 4.69) is 0 Å². The molecule has 0 radical (unpaired) electrons. The molecule has 0 N–H and O–H groups in total. The monoisotopic (exact) mass is 258 g/mol. The number of carbonyl (C=O) groups excluding carboxylic acids is 3. The van der Waals surface area contributed by atoms with Gasteiger partial charge in [0.25, 0.3) is 0 Å². The van der Waals surface area contributed by atoms with Crippen molar-refractivity contribution in [2.45, 2.75) is 18.7 Å². The lowest BCUT2D eigenvalue weighted by Gasteiger charge is -2.33. The van der Waals surface area contributed by atoms with Crippen molar-refractivity contribution in [1.29, 1.82) is 0 Å². The molecular formula is C11H15ClN2O3. The Hall–Kier alpha value is -1.10. The summed E-state index contributed by atoms with van der Waals surface area (Å²) in [5.41, 5.74) is 0. The molecule has 5 nitrogen and oxygen atoms in total. The first kappa shape index (κ1) is 12.4. The largest absolute Gasteiger partial charge is 0.341 e. The standard InChI is InChI=1S/C11H15ClN2O3/c1-6(12)9(15)14-4-3-7-8(5-14)11(17)13(2)10(7)16/h6-8H,3-5H2,1-2H3. The van der Waals surface area contributed by atoms with Crippen molar-refractivity contribution in [3.63, 3.8) is 0 Å². The SMILES string of the molecule is CC(Cl)C(=O)N1CCC2C(=O)N(C)C(=O)C2C1. The highest BCUT2D eigenvalue weighted by Crippen LogP contribution is 2.32. The van der Waals surface area contributed by atoms with Crippen molar-refractivity contribution >= 4 is 29.3 Å². The summed E-state index contributed by atoms with van der Waals surface area (Å²) >= 11 is 5.74. The van der Waals surface area contributed by atoms with E-state index in [1.807, 2.05) is 0 Å². The van der Waals surface area contributed by atoms with Crippen molar-refractivity contribution < 1.29 is 14.4 Å². The van der Waals surface area contributed by atoms with Crippen LogP contribution in [0, 0.1) is 11.8 Å². The maximum atomic E-state index is 11.8. The van der Waals surface area contributed by atoms with Crippen molar-refractivity contribution in [3.8, 4) is 0 Å². The van der Waals surface area contributed by atoms with E-state index in [0.717, 1.165) is 0 Å². The Balaban J connectivity index is 2.12. The van der Waals surface area contributed by atoms with Crippen LogP contribution in [-0.2, 0) is 14.4 Å². The number of alkyl halides is 1. The highest BCUT2D eigenvalue weighted by molar-refractivity contribution is 6.30. The van der Waals surface area contributed by atoms with Crippen molar-refractivity contribution in [2.24, 2.45) is 11.8 Å². The Kier molecular flexibility index (Phi) is 3.12. The van der Waals surface area contributed by atoms with Crippen LogP contribution in [0.25, 0.3) is 0 Å². The van der Waals surface area contributed by atoms with Gasteiger partial charge < -0.3 is 4.90 Å². The number of carbonyl (C=O) groups is 3. The summed E-state index contributed by atoms with van der Waals surface area (Å²) in [7, 11) is 1.50. The molecule has 0 saturated carbocycles. The molecule has 2 aliphatic heterocycles. The van der Waals surface area contributed by atoms with Gasteiger partial charge in [-0.05, 0) is 13.3 Å². The number of imide groups is 1. The first-order valence-electron chi connectivity index (χ1n) is 5.67. The van der Waals surface area contributed by atoms with E-state index in [4.69, 9.17) is 11.6 Å². The Morgan fingerprint density at radius 3 is 2.53 bits per heavy atom. The summed E-state index contributed by atoms with van der Waals surface area (Å²) in [5.74, 6) is -1.09. The lowest BCUT2D eigenvalue weighted by molar-refractivity contribution is -0.138. The highest BCUT2D eigenvalue weighted by Gasteiger charge is 2.49. The van der Waals surface area contributed by atoms with Crippen molar-refractivity contribution in [1.82, 2.24) is 9.80 Å². The van der Waals surface area contributed by atoms with Gasteiger partial charge in [-0.3, -0.25) is 19.3 Å². The maximum Gasteiger partial charge on any atom is 0.240 e. The molecule has 0 spiro atoms. The van der Waals surface area contributed by atoms with Crippen LogP contribution in [0.15, 0.2) is 0 Å². The predicted octanol–water partition coefficient (Wildman–Crippen LogP) is 0.0770. The number of rotatable bonds is 1. The van der Waals surface area contributed by atoms with Crippen LogP contribution in [-0.4, -0.2) is 53.0 Å². The second-order valence-corrected chi connectivity index (χ2v) is 5.29. The van der Waals surface area contributed by atoms with Gasteiger partial charge in [0.1, 0.15) is 5.38 Å². The molecule has 6 heteroatoms. The van der Waals surface area contributed by atoms with Gasteiger partial charge in [0.2, 0.25) is 17.7 Å². The number of fused-ring (bicyclic) bond motifs is 1. The topological polar surface area (TPSA) is 57.7 Å². The number of nitrogens with zero attached hydrogens (tertiary/aromatic N) is 2. The van der Waals surface area contributed by atoms with E-state index in [1.54, 1.807) is 11.8 Å². The first-order valence-corrected chi connectivity index (χ1v) is 6.11. The van der Waals surface area contributed by atoms with Gasteiger partial charge in [0, 0.05) is 20.1 Å². The van der Waals surface area contributed by atoms with Crippen LogP contribution < -0.4 is 0 Å². The summed E-state index contributed by atoms with van der Waals surface area (Å²) in [6.07, 6.45) is 0.551. The number of likely N-dealkylation sites (tertiary alicyclic amines) is 2. The van der Waals surface area contributed by atoms with Crippen molar-refractivity contribution in [3.05, 3.63) is 0 Å². The fraction of sp³-hybridized carbons (Fsp3) is 0.727. The van der Waals surface area contributed by atoms with Crippen LogP contribution in [0.2, 0.25) is 0 Å². The highest BCUT2D eigenvalue weighted by atomic mass is 35.5. The van der Waals surface area contributed by atoms with E-state index < -0.39 is 5.38 Å². The van der Waals surface area contributed by atoms with E-state index in [0.29, 0.717) is 19.5 Å². The predicted molar refractivity (Wildman–Crippen MR) is 61.3 cm³/mol. The Bertz CT molecular complexity index is 383. The minimum absolute atomic E-state index is 0.119. The van der Waals surface area contributed by atoms with Crippen LogP contribution in [0.1, 0.15) is 13.3 Å². The fourth-order valence-corrected chi connectivity index (χ4v) is 2.69. The van der Waals surface area contributed by atoms with Gasteiger partial charge in [-0.1, -0.05) is 0 Å². The van der Waals surface area contributed by atoms with Crippen LogP contribution in [0.3, 0.4) is 0 Å². The molecule has 2 heterocycles. The molecular weight excluding hydrogens is 244 g/mol. The van der Waals surface area contributed by atoms with Crippen LogP contribution >= 0.6 is 11.6 Å². The Morgan fingerprint density at radius 2 is 1.94 bits per heavy atom. The molecule has 3 atom stereocenters. The molecule has 2 fully saturated rings. The lowest BCUT2D eigenvalue weighted by atomic mass is 9.87. The number of halogens is 1. The van der Waals surface area contributed by atoms with Gasteiger partial charge in [-0.2, -0.15) is 0 Å². The molecule has 0 aromatic heterocycles. The Morgan fingerprint density at radius 1 is 1.35 bits per heavy atom. The van der Waals surface area contributed by atoms with Gasteiger partial charge in [0.05, 0.1) is 11.8 Å². The smallest absolute Gasteiger partial charge is 0.240 e. The zero-order valence-corrected chi connectivity index (χ0v) is 10.6. The molecule has 94 valence electrons. The van der Waals surface area contributed by atoms with Gasteiger partial charge in [0.15, 0.2) is 0 Å². The second kappa shape index (κ2) is 4.29. The number of piperidine rings is 1. The van der Waals surface area contributed by atoms with E-state index in [-0.39, 0.29) is 29.6 Å². The fourth-order valence-electron chi connectivity index (χ4n) is 2.56. The zero-order valence-electron chi connectivity index (χ0n) is 9.85.